The largest absolute Gasteiger partial charge is 0.504 e. The first-order chi connectivity index (χ1) is 12.9. The number of aromatic hydroxyl groups is 2. The molecule has 8 heteroatoms. The maximum atomic E-state index is 12.6. The van der Waals surface area contributed by atoms with E-state index in [1.165, 1.54) is 23.1 Å². The molecule has 0 saturated carbocycles. The van der Waals surface area contributed by atoms with Crippen molar-refractivity contribution in [1.29, 1.82) is 0 Å². The van der Waals surface area contributed by atoms with Crippen LogP contribution < -0.4 is 0 Å². The topological polar surface area (TPSA) is 110 Å². The lowest BCUT2D eigenvalue weighted by Crippen LogP contribution is -2.28. The van der Waals surface area contributed by atoms with Gasteiger partial charge in [0.15, 0.2) is 16.7 Å². The molecule has 1 fully saturated rings. The number of likely N-dealkylation sites (N-methyl/N-ethyl adjacent to an activating group) is 1. The molecule has 1 amide bonds. The number of carbonyl (C=O) groups excluding carboxylic acids is 1. The molecule has 0 bridgehead atoms. The Hall–Kier alpha value is -3.26. The van der Waals surface area contributed by atoms with E-state index in [4.69, 9.17) is 0 Å². The first-order valence-corrected chi connectivity index (χ1v) is 8.86. The van der Waals surface area contributed by atoms with Crippen molar-refractivity contribution >= 4 is 40.6 Å². The van der Waals surface area contributed by atoms with Crippen LogP contribution in [-0.4, -0.2) is 43.8 Å². The van der Waals surface area contributed by atoms with E-state index >= 15 is 0 Å². The van der Waals surface area contributed by atoms with Crippen LogP contribution >= 0.6 is 11.8 Å². The molecular formula is C19H16N2O5S. The first kappa shape index (κ1) is 18.5. The van der Waals surface area contributed by atoms with Crippen LogP contribution in [0.4, 0.5) is 5.69 Å². The minimum absolute atomic E-state index is 0.0509. The molecule has 3 rings (SSSR count). The fourth-order valence-electron chi connectivity index (χ4n) is 2.51. The zero-order chi connectivity index (χ0) is 19.6. The number of nitrogens with zero attached hydrogens (tertiary/aromatic N) is 2. The van der Waals surface area contributed by atoms with Crippen LogP contribution in [0.3, 0.4) is 0 Å². The Morgan fingerprint density at radius 1 is 1.19 bits per heavy atom. The van der Waals surface area contributed by atoms with Gasteiger partial charge in [-0.05, 0) is 54.6 Å². The van der Waals surface area contributed by atoms with Crippen LogP contribution in [0, 0.1) is 0 Å². The minimum Gasteiger partial charge on any atom is -0.504 e. The SMILES string of the molecule is CCN1C(=O)/C(=C/c2ccc(O)c(O)c2)SC1=Nc1ccccc1C(=O)O. The molecule has 1 aliphatic heterocycles. The number of aromatic carboxylic acids is 1. The highest BCUT2D eigenvalue weighted by atomic mass is 32.2. The zero-order valence-electron chi connectivity index (χ0n) is 14.3. The van der Waals surface area contributed by atoms with E-state index in [2.05, 4.69) is 4.99 Å². The number of para-hydroxylation sites is 1. The van der Waals surface area contributed by atoms with Gasteiger partial charge < -0.3 is 15.3 Å². The van der Waals surface area contributed by atoms with Crippen LogP contribution in [-0.2, 0) is 4.79 Å². The van der Waals surface area contributed by atoms with Crippen LogP contribution in [0.25, 0.3) is 6.08 Å². The van der Waals surface area contributed by atoms with Gasteiger partial charge in [0.25, 0.3) is 5.91 Å². The van der Waals surface area contributed by atoms with Crippen molar-refractivity contribution in [3.05, 3.63) is 58.5 Å². The number of aliphatic imine (C=N–C) groups is 1. The van der Waals surface area contributed by atoms with Crippen molar-refractivity contribution in [3.63, 3.8) is 0 Å². The number of carbonyl (C=O) groups is 2. The van der Waals surface area contributed by atoms with E-state index < -0.39 is 5.97 Å². The Morgan fingerprint density at radius 3 is 2.59 bits per heavy atom. The van der Waals surface area contributed by atoms with E-state index in [9.17, 15) is 24.9 Å². The Balaban J connectivity index is 1.99. The Kier molecular flexibility index (Phi) is 5.18. The molecular weight excluding hydrogens is 368 g/mol. The van der Waals surface area contributed by atoms with Crippen LogP contribution in [0.15, 0.2) is 52.4 Å². The number of hydrogen-bond acceptors (Lipinski definition) is 6. The van der Waals surface area contributed by atoms with Crippen molar-refractivity contribution in [2.75, 3.05) is 6.54 Å². The molecule has 0 spiro atoms. The standard InChI is InChI=1S/C19H16N2O5S/c1-2-21-17(24)16(10-11-7-8-14(22)15(23)9-11)27-19(21)20-13-6-4-3-5-12(13)18(25)26/h3-10,22-23H,2H2,1H3,(H,25,26)/b16-10-,20-19?. The quantitative estimate of drug-likeness (QED) is 0.550. The maximum absolute atomic E-state index is 12.6. The molecule has 1 aliphatic rings. The van der Waals surface area contributed by atoms with Gasteiger partial charge in [-0.3, -0.25) is 9.69 Å². The molecule has 138 valence electrons. The van der Waals surface area contributed by atoms with Crippen LogP contribution in [0.5, 0.6) is 11.5 Å². The van der Waals surface area contributed by atoms with Crippen molar-refractivity contribution in [1.82, 2.24) is 4.90 Å². The summed E-state index contributed by atoms with van der Waals surface area (Å²) in [6.07, 6.45) is 1.58. The normalized spacial score (nSPS) is 17.1. The van der Waals surface area contributed by atoms with Gasteiger partial charge in [0.1, 0.15) is 0 Å². The summed E-state index contributed by atoms with van der Waals surface area (Å²) in [6, 6.07) is 10.6. The molecule has 3 N–H and O–H groups in total. The van der Waals surface area contributed by atoms with E-state index in [0.29, 0.717) is 22.2 Å². The maximum Gasteiger partial charge on any atom is 0.337 e. The summed E-state index contributed by atoms with van der Waals surface area (Å²) in [4.78, 5) is 30.2. The summed E-state index contributed by atoms with van der Waals surface area (Å²) >= 11 is 1.12. The third kappa shape index (κ3) is 3.80. The third-order valence-electron chi connectivity index (χ3n) is 3.85. The highest BCUT2D eigenvalue weighted by molar-refractivity contribution is 8.18. The lowest BCUT2D eigenvalue weighted by molar-refractivity contribution is -0.122. The second kappa shape index (κ2) is 7.55. The summed E-state index contributed by atoms with van der Waals surface area (Å²) in [6.45, 7) is 2.17. The van der Waals surface area contributed by atoms with Gasteiger partial charge in [-0.1, -0.05) is 18.2 Å². The number of phenolic OH excluding ortho intramolecular Hbond substituents is 2. The average Bonchev–Trinajstić information content (AvgIpc) is 2.93. The number of benzene rings is 2. The van der Waals surface area contributed by atoms with Gasteiger partial charge in [0.05, 0.1) is 16.2 Å². The Morgan fingerprint density at radius 2 is 1.93 bits per heavy atom. The van der Waals surface area contributed by atoms with Crippen molar-refractivity contribution in [2.24, 2.45) is 4.99 Å². The molecule has 0 aromatic heterocycles. The fraction of sp³-hybridized carbons (Fsp3) is 0.105. The number of phenols is 2. The molecule has 0 radical (unpaired) electrons. The fourth-order valence-corrected chi connectivity index (χ4v) is 3.56. The summed E-state index contributed by atoms with van der Waals surface area (Å²) < 4.78 is 0. The minimum atomic E-state index is -1.09. The molecule has 27 heavy (non-hydrogen) atoms. The average molecular weight is 384 g/mol. The van der Waals surface area contributed by atoms with E-state index in [-0.39, 0.29) is 28.7 Å². The molecule has 0 aliphatic carbocycles. The summed E-state index contributed by atoms with van der Waals surface area (Å²) in [5.41, 5.74) is 0.863. The second-order valence-corrected chi connectivity index (χ2v) is 6.63. The Labute approximate surface area is 159 Å². The molecule has 7 nitrogen and oxygen atoms in total. The predicted molar refractivity (Wildman–Crippen MR) is 103 cm³/mol. The third-order valence-corrected chi connectivity index (χ3v) is 4.86. The summed E-state index contributed by atoms with van der Waals surface area (Å²) in [5.74, 6) is -1.88. The lowest BCUT2D eigenvalue weighted by Gasteiger charge is -2.12. The number of amidine groups is 1. The number of thioether (sulfide) groups is 1. The number of amides is 1. The van der Waals surface area contributed by atoms with Gasteiger partial charge in [-0.2, -0.15) is 0 Å². The van der Waals surface area contributed by atoms with Crippen LogP contribution in [0.2, 0.25) is 0 Å². The summed E-state index contributed by atoms with van der Waals surface area (Å²) in [5, 5.41) is 28.7. The monoisotopic (exact) mass is 384 g/mol. The second-order valence-electron chi connectivity index (χ2n) is 5.62. The van der Waals surface area contributed by atoms with Gasteiger partial charge in [-0.15, -0.1) is 0 Å². The lowest BCUT2D eigenvalue weighted by atomic mass is 10.2. The molecule has 0 atom stereocenters. The van der Waals surface area contributed by atoms with Gasteiger partial charge in [0, 0.05) is 6.54 Å². The zero-order valence-corrected chi connectivity index (χ0v) is 15.1. The van der Waals surface area contributed by atoms with Gasteiger partial charge >= 0.3 is 5.97 Å². The van der Waals surface area contributed by atoms with Gasteiger partial charge in [0.2, 0.25) is 0 Å². The van der Waals surface area contributed by atoms with Crippen molar-refractivity contribution < 1.29 is 24.9 Å². The van der Waals surface area contributed by atoms with Crippen LogP contribution in [0.1, 0.15) is 22.8 Å². The number of rotatable bonds is 4. The van der Waals surface area contributed by atoms with Crippen molar-refractivity contribution in [2.45, 2.75) is 6.92 Å². The predicted octanol–water partition coefficient (Wildman–Crippen LogP) is 3.42. The molecule has 2 aromatic rings. The van der Waals surface area contributed by atoms with Gasteiger partial charge in [-0.25, -0.2) is 9.79 Å². The van der Waals surface area contributed by atoms with Crippen molar-refractivity contribution in [3.8, 4) is 11.5 Å². The number of carboxylic acid groups (broad SMARTS) is 1. The molecule has 0 unspecified atom stereocenters. The highest BCUT2D eigenvalue weighted by Gasteiger charge is 2.32. The van der Waals surface area contributed by atoms with E-state index in [1.54, 1.807) is 37.3 Å². The van der Waals surface area contributed by atoms with E-state index in [0.717, 1.165) is 11.8 Å². The molecule has 1 heterocycles. The number of carboxylic acids is 1. The molecule has 1 saturated heterocycles. The first-order valence-electron chi connectivity index (χ1n) is 8.05. The smallest absolute Gasteiger partial charge is 0.337 e. The summed E-state index contributed by atoms with van der Waals surface area (Å²) in [7, 11) is 0. The Bertz CT molecular complexity index is 984. The highest BCUT2D eigenvalue weighted by Crippen LogP contribution is 2.35. The number of hydrogen-bond donors (Lipinski definition) is 3. The van der Waals surface area contributed by atoms with E-state index in [1.807, 2.05) is 0 Å². The molecule has 2 aromatic carbocycles.